The van der Waals surface area contributed by atoms with Crippen LogP contribution in [0.2, 0.25) is 5.02 Å². The third kappa shape index (κ3) is 4.12. The molecule has 1 aliphatic heterocycles. The van der Waals surface area contributed by atoms with Crippen molar-refractivity contribution in [3.8, 4) is 0 Å². The molecule has 0 saturated carbocycles. The molecule has 27 heavy (non-hydrogen) atoms. The number of aromatic nitrogens is 2. The van der Waals surface area contributed by atoms with E-state index >= 15 is 0 Å². The molecule has 0 radical (unpaired) electrons. The molecule has 1 atom stereocenters. The van der Waals surface area contributed by atoms with Crippen LogP contribution in [0, 0.1) is 5.82 Å². The van der Waals surface area contributed by atoms with E-state index in [1.165, 1.54) is 12.1 Å². The van der Waals surface area contributed by atoms with Gasteiger partial charge >= 0.3 is 0 Å². The zero-order chi connectivity index (χ0) is 19.6. The Morgan fingerprint density at radius 1 is 1.22 bits per heavy atom. The molecule has 1 unspecified atom stereocenters. The molecule has 2 amide bonds. The van der Waals surface area contributed by atoms with Crippen LogP contribution >= 0.6 is 11.6 Å². The Balaban J connectivity index is 1.64. The second-order valence-corrected chi connectivity index (χ2v) is 6.82. The third-order valence-corrected chi connectivity index (χ3v) is 4.95. The van der Waals surface area contributed by atoms with E-state index in [0.717, 1.165) is 11.6 Å². The van der Waals surface area contributed by atoms with Crippen molar-refractivity contribution in [2.75, 3.05) is 33.2 Å². The largest absolute Gasteiger partial charge is 0.337 e. The molecule has 7 nitrogen and oxygen atoms in total. The summed E-state index contributed by atoms with van der Waals surface area (Å²) in [7, 11) is 3.53. The van der Waals surface area contributed by atoms with E-state index in [-0.39, 0.29) is 22.4 Å². The van der Waals surface area contributed by atoms with Crippen LogP contribution in [0.5, 0.6) is 0 Å². The Hall–Kier alpha value is -2.45. The highest BCUT2D eigenvalue weighted by Crippen LogP contribution is 2.21. The number of benzene rings is 1. The Labute approximate surface area is 161 Å². The maximum absolute atomic E-state index is 13.2. The number of halogens is 2. The molecule has 2 heterocycles. The maximum Gasteiger partial charge on any atom is 0.255 e. The number of nitrogens with zero attached hydrogens (tertiary/aromatic N) is 4. The molecule has 1 N–H and O–H groups in total. The first-order valence-corrected chi connectivity index (χ1v) is 8.97. The van der Waals surface area contributed by atoms with Crippen LogP contribution in [-0.4, -0.2) is 64.6 Å². The summed E-state index contributed by atoms with van der Waals surface area (Å²) in [6.07, 6.45) is 3.46. The lowest BCUT2D eigenvalue weighted by Crippen LogP contribution is -2.52. The van der Waals surface area contributed by atoms with Crippen molar-refractivity contribution in [1.29, 1.82) is 0 Å². The van der Waals surface area contributed by atoms with Crippen LogP contribution < -0.4 is 5.32 Å². The van der Waals surface area contributed by atoms with Gasteiger partial charge in [-0.1, -0.05) is 11.6 Å². The minimum atomic E-state index is -0.486. The summed E-state index contributed by atoms with van der Waals surface area (Å²) >= 11 is 5.98. The average Bonchev–Trinajstić information content (AvgIpc) is 3.08. The monoisotopic (exact) mass is 393 g/mol. The average molecular weight is 394 g/mol. The van der Waals surface area contributed by atoms with E-state index in [9.17, 15) is 14.0 Å². The molecule has 0 spiro atoms. The second kappa shape index (κ2) is 8.06. The van der Waals surface area contributed by atoms with Crippen molar-refractivity contribution in [2.45, 2.75) is 6.04 Å². The van der Waals surface area contributed by atoms with Crippen molar-refractivity contribution >= 4 is 23.4 Å². The zero-order valence-electron chi connectivity index (χ0n) is 15.2. The predicted octanol–water partition coefficient (Wildman–Crippen LogP) is 1.46. The summed E-state index contributed by atoms with van der Waals surface area (Å²) in [5, 5.41) is 7.22. The molecule has 1 saturated heterocycles. The van der Waals surface area contributed by atoms with E-state index in [0.29, 0.717) is 26.2 Å². The van der Waals surface area contributed by atoms with Crippen LogP contribution in [0.15, 0.2) is 30.6 Å². The number of aryl methyl sites for hydroxylation is 1. The molecule has 1 aromatic carbocycles. The molecule has 9 heteroatoms. The van der Waals surface area contributed by atoms with Crippen molar-refractivity contribution in [3.63, 3.8) is 0 Å². The topological polar surface area (TPSA) is 70.5 Å². The van der Waals surface area contributed by atoms with Crippen molar-refractivity contribution in [3.05, 3.63) is 52.6 Å². The van der Waals surface area contributed by atoms with Crippen molar-refractivity contribution in [2.24, 2.45) is 7.05 Å². The fourth-order valence-electron chi connectivity index (χ4n) is 3.17. The minimum Gasteiger partial charge on any atom is -0.337 e. The van der Waals surface area contributed by atoms with E-state index in [1.807, 2.05) is 0 Å². The van der Waals surface area contributed by atoms with Crippen LogP contribution in [0.4, 0.5) is 4.39 Å². The Kier molecular flexibility index (Phi) is 5.76. The smallest absolute Gasteiger partial charge is 0.255 e. The summed E-state index contributed by atoms with van der Waals surface area (Å²) in [6.45, 7) is 1.62. The van der Waals surface area contributed by atoms with E-state index in [4.69, 9.17) is 11.6 Å². The second-order valence-electron chi connectivity index (χ2n) is 6.41. The summed E-state index contributed by atoms with van der Waals surface area (Å²) in [5.74, 6) is -0.803. The van der Waals surface area contributed by atoms with Gasteiger partial charge in [-0.15, -0.1) is 0 Å². The van der Waals surface area contributed by atoms with Gasteiger partial charge in [-0.2, -0.15) is 5.10 Å². The SMILES string of the molecule is CNC(C(=O)N1CCN(C(=O)c2ccc(F)cc2Cl)CC1)c1cnn(C)c1. The van der Waals surface area contributed by atoms with Gasteiger partial charge in [0.2, 0.25) is 5.91 Å². The number of piperazine rings is 1. The first-order chi connectivity index (χ1) is 12.9. The molecule has 1 aliphatic rings. The lowest BCUT2D eigenvalue weighted by Gasteiger charge is -2.36. The van der Waals surface area contributed by atoms with Crippen LogP contribution in [-0.2, 0) is 11.8 Å². The lowest BCUT2D eigenvalue weighted by molar-refractivity contribution is -0.135. The Morgan fingerprint density at radius 2 is 1.89 bits per heavy atom. The van der Waals surface area contributed by atoms with Gasteiger partial charge in [0.25, 0.3) is 5.91 Å². The molecule has 0 aliphatic carbocycles. The first-order valence-electron chi connectivity index (χ1n) is 8.59. The van der Waals surface area contributed by atoms with Crippen LogP contribution in [0.1, 0.15) is 22.0 Å². The number of carbonyl (C=O) groups excluding carboxylic acids is 2. The molecule has 2 aromatic rings. The Morgan fingerprint density at radius 3 is 2.44 bits per heavy atom. The van der Waals surface area contributed by atoms with Gasteiger partial charge in [-0.05, 0) is 25.2 Å². The van der Waals surface area contributed by atoms with Gasteiger partial charge in [0.05, 0.1) is 16.8 Å². The minimum absolute atomic E-state index is 0.0580. The number of rotatable bonds is 4. The highest BCUT2D eigenvalue weighted by molar-refractivity contribution is 6.33. The number of likely N-dealkylation sites (N-methyl/N-ethyl adjacent to an activating group) is 1. The predicted molar refractivity (Wildman–Crippen MR) is 98.9 cm³/mol. The highest BCUT2D eigenvalue weighted by atomic mass is 35.5. The fourth-order valence-corrected chi connectivity index (χ4v) is 3.42. The number of hydrogen-bond acceptors (Lipinski definition) is 4. The summed E-state index contributed by atoms with van der Waals surface area (Å²) < 4.78 is 14.8. The van der Waals surface area contributed by atoms with E-state index in [2.05, 4.69) is 10.4 Å². The summed E-state index contributed by atoms with van der Waals surface area (Å²) in [5.41, 5.74) is 1.06. The summed E-state index contributed by atoms with van der Waals surface area (Å²) in [6, 6.07) is 3.24. The molecular weight excluding hydrogens is 373 g/mol. The molecule has 1 fully saturated rings. The maximum atomic E-state index is 13.2. The van der Waals surface area contributed by atoms with E-state index in [1.54, 1.807) is 41.0 Å². The van der Waals surface area contributed by atoms with Crippen LogP contribution in [0.3, 0.4) is 0 Å². The first kappa shape index (κ1) is 19.3. The van der Waals surface area contributed by atoms with Gasteiger partial charge in [0, 0.05) is 45.0 Å². The van der Waals surface area contributed by atoms with Gasteiger partial charge in [-0.25, -0.2) is 4.39 Å². The number of hydrogen-bond donors (Lipinski definition) is 1. The van der Waals surface area contributed by atoms with Gasteiger partial charge in [0.1, 0.15) is 11.9 Å². The molecule has 0 bridgehead atoms. The standard InChI is InChI=1S/C18H21ClFN5O2/c1-21-16(12-10-22-23(2)11-12)18(27)25-7-5-24(6-8-25)17(26)14-4-3-13(20)9-15(14)19/h3-4,9-11,16,21H,5-8H2,1-2H3. The fraction of sp³-hybridized carbons (Fsp3) is 0.389. The molecular formula is C18H21ClFN5O2. The zero-order valence-corrected chi connectivity index (χ0v) is 15.9. The van der Waals surface area contributed by atoms with Gasteiger partial charge < -0.3 is 15.1 Å². The molecule has 144 valence electrons. The third-order valence-electron chi connectivity index (χ3n) is 4.63. The van der Waals surface area contributed by atoms with Crippen molar-refractivity contribution < 1.29 is 14.0 Å². The normalized spacial score (nSPS) is 15.7. The molecule has 1 aromatic heterocycles. The lowest BCUT2D eigenvalue weighted by atomic mass is 10.1. The number of carbonyl (C=O) groups is 2. The molecule has 3 rings (SSSR count). The Bertz CT molecular complexity index is 848. The quantitative estimate of drug-likeness (QED) is 0.853. The van der Waals surface area contributed by atoms with Gasteiger partial charge in [-0.3, -0.25) is 14.3 Å². The highest BCUT2D eigenvalue weighted by Gasteiger charge is 2.30. The number of amides is 2. The summed E-state index contributed by atoms with van der Waals surface area (Å²) in [4.78, 5) is 28.8. The van der Waals surface area contributed by atoms with Crippen molar-refractivity contribution in [1.82, 2.24) is 24.9 Å². The van der Waals surface area contributed by atoms with Crippen LogP contribution in [0.25, 0.3) is 0 Å². The van der Waals surface area contributed by atoms with E-state index < -0.39 is 11.9 Å². The number of nitrogens with one attached hydrogen (secondary N) is 1. The van der Waals surface area contributed by atoms with Gasteiger partial charge in [0.15, 0.2) is 0 Å².